The second kappa shape index (κ2) is 7.53. The van der Waals surface area contributed by atoms with Gasteiger partial charge in [-0.05, 0) is 13.3 Å². The van der Waals surface area contributed by atoms with E-state index in [2.05, 4.69) is 6.92 Å². The first-order valence-corrected chi connectivity index (χ1v) is 4.85. The molecule has 0 amide bonds. The van der Waals surface area contributed by atoms with Gasteiger partial charge in [0.1, 0.15) is 0 Å². The number of hydroxylamine groups is 2. The first-order chi connectivity index (χ1) is 5.68. The molecule has 0 aliphatic carbocycles. The third kappa shape index (κ3) is 6.58. The fraction of sp³-hybridized carbons (Fsp3) is 1.00. The molecule has 74 valence electrons. The van der Waals surface area contributed by atoms with E-state index in [1.807, 2.05) is 0 Å². The smallest absolute Gasteiger partial charge is 0.0595 e. The molecule has 1 atom stereocenters. The van der Waals surface area contributed by atoms with Crippen molar-refractivity contribution in [1.82, 2.24) is 5.23 Å². The van der Waals surface area contributed by atoms with Crippen molar-refractivity contribution < 1.29 is 10.4 Å². The lowest BCUT2D eigenvalue weighted by Crippen LogP contribution is -2.25. The van der Waals surface area contributed by atoms with Crippen LogP contribution in [0.3, 0.4) is 0 Å². The van der Waals surface area contributed by atoms with E-state index in [1.54, 1.807) is 6.92 Å². The minimum absolute atomic E-state index is 0.133. The normalized spacial score (nSPS) is 13.8. The number of nitrogens with zero attached hydrogens (tertiary/aromatic N) is 1. The summed E-state index contributed by atoms with van der Waals surface area (Å²) in [6, 6.07) is -0.133. The van der Waals surface area contributed by atoms with Crippen LogP contribution in [-0.4, -0.2) is 21.7 Å². The maximum absolute atomic E-state index is 8.61. The summed E-state index contributed by atoms with van der Waals surface area (Å²) in [5.74, 6) is 0. The lowest BCUT2D eigenvalue weighted by molar-refractivity contribution is -0.329. The van der Waals surface area contributed by atoms with Crippen LogP contribution in [0.2, 0.25) is 0 Å². The molecule has 0 aromatic heterocycles. The summed E-state index contributed by atoms with van der Waals surface area (Å²) in [6.07, 6.45) is 6.94. The molecule has 0 rings (SSSR count). The third-order valence-electron chi connectivity index (χ3n) is 2.12. The Bertz CT molecular complexity index is 96.5. The molecular weight excluding hydrogens is 154 g/mol. The predicted molar refractivity (Wildman–Crippen MR) is 48.3 cm³/mol. The molecule has 12 heavy (non-hydrogen) atoms. The van der Waals surface area contributed by atoms with Gasteiger partial charge in [-0.2, -0.15) is 0 Å². The number of hydrogen-bond acceptors (Lipinski definition) is 3. The molecule has 3 nitrogen and oxygen atoms in total. The van der Waals surface area contributed by atoms with Crippen LogP contribution in [0, 0.1) is 0 Å². The quantitative estimate of drug-likeness (QED) is 0.462. The topological polar surface area (TPSA) is 43.7 Å². The minimum atomic E-state index is -0.133. The highest BCUT2D eigenvalue weighted by atomic mass is 16.8. The highest BCUT2D eigenvalue weighted by molar-refractivity contribution is 4.53. The molecule has 0 bridgehead atoms. The molecule has 0 radical (unpaired) electrons. The van der Waals surface area contributed by atoms with Crippen molar-refractivity contribution in [1.29, 1.82) is 0 Å². The van der Waals surface area contributed by atoms with Crippen molar-refractivity contribution >= 4 is 0 Å². The van der Waals surface area contributed by atoms with Crippen LogP contribution in [0.15, 0.2) is 0 Å². The van der Waals surface area contributed by atoms with Crippen LogP contribution in [0.1, 0.15) is 52.4 Å². The Hall–Kier alpha value is -0.120. The van der Waals surface area contributed by atoms with Crippen molar-refractivity contribution in [3.8, 4) is 0 Å². The fourth-order valence-electron chi connectivity index (χ4n) is 1.16. The summed E-state index contributed by atoms with van der Waals surface area (Å²) in [7, 11) is 0. The SMILES string of the molecule is CCCCCCCC(C)N(O)O. The van der Waals surface area contributed by atoms with Crippen LogP contribution >= 0.6 is 0 Å². The number of rotatable bonds is 7. The molecular formula is C9H21NO2. The number of hydrogen-bond donors (Lipinski definition) is 2. The first kappa shape index (κ1) is 11.9. The Kier molecular flexibility index (Phi) is 7.45. The molecule has 0 saturated heterocycles. The van der Waals surface area contributed by atoms with Crippen LogP contribution in [-0.2, 0) is 0 Å². The first-order valence-electron chi connectivity index (χ1n) is 4.85. The summed E-state index contributed by atoms with van der Waals surface area (Å²) in [4.78, 5) is 0. The van der Waals surface area contributed by atoms with Gasteiger partial charge in [0.15, 0.2) is 0 Å². The van der Waals surface area contributed by atoms with Crippen molar-refractivity contribution in [3.05, 3.63) is 0 Å². The van der Waals surface area contributed by atoms with E-state index < -0.39 is 0 Å². The van der Waals surface area contributed by atoms with Gasteiger partial charge in [0, 0.05) is 0 Å². The second-order valence-electron chi connectivity index (χ2n) is 3.37. The maximum Gasteiger partial charge on any atom is 0.0595 e. The Morgan fingerprint density at radius 2 is 1.67 bits per heavy atom. The molecule has 1 unspecified atom stereocenters. The van der Waals surface area contributed by atoms with E-state index in [0.717, 1.165) is 12.8 Å². The van der Waals surface area contributed by atoms with E-state index in [4.69, 9.17) is 10.4 Å². The Morgan fingerprint density at radius 3 is 2.17 bits per heavy atom. The molecule has 0 fully saturated rings. The average molecular weight is 175 g/mol. The van der Waals surface area contributed by atoms with E-state index in [1.165, 1.54) is 25.7 Å². The lowest BCUT2D eigenvalue weighted by atomic mass is 10.1. The highest BCUT2D eigenvalue weighted by Crippen LogP contribution is 2.08. The van der Waals surface area contributed by atoms with Crippen LogP contribution in [0.4, 0.5) is 0 Å². The zero-order valence-corrected chi connectivity index (χ0v) is 8.16. The van der Waals surface area contributed by atoms with Gasteiger partial charge in [-0.15, -0.1) is 0 Å². The van der Waals surface area contributed by atoms with Gasteiger partial charge in [0.05, 0.1) is 6.04 Å². The molecule has 0 aliphatic heterocycles. The minimum Gasteiger partial charge on any atom is -0.289 e. The molecule has 0 heterocycles. The van der Waals surface area contributed by atoms with Gasteiger partial charge in [0.2, 0.25) is 0 Å². The van der Waals surface area contributed by atoms with Gasteiger partial charge in [-0.25, -0.2) is 0 Å². The summed E-state index contributed by atoms with van der Waals surface area (Å²) < 4.78 is 0. The van der Waals surface area contributed by atoms with Gasteiger partial charge in [0.25, 0.3) is 0 Å². The summed E-state index contributed by atoms with van der Waals surface area (Å²) >= 11 is 0. The Labute approximate surface area is 74.9 Å². The molecule has 0 spiro atoms. The fourth-order valence-corrected chi connectivity index (χ4v) is 1.16. The van der Waals surface area contributed by atoms with E-state index in [9.17, 15) is 0 Å². The molecule has 0 aromatic rings. The van der Waals surface area contributed by atoms with Crippen molar-refractivity contribution in [2.75, 3.05) is 0 Å². The van der Waals surface area contributed by atoms with Crippen LogP contribution < -0.4 is 0 Å². The van der Waals surface area contributed by atoms with Gasteiger partial charge < -0.3 is 0 Å². The number of unbranched alkanes of at least 4 members (excludes halogenated alkanes) is 4. The van der Waals surface area contributed by atoms with Gasteiger partial charge >= 0.3 is 0 Å². The van der Waals surface area contributed by atoms with Gasteiger partial charge in [-0.1, -0.05) is 44.3 Å². The second-order valence-corrected chi connectivity index (χ2v) is 3.37. The molecule has 0 saturated carbocycles. The molecule has 2 N–H and O–H groups in total. The average Bonchev–Trinajstić information content (AvgIpc) is 2.03. The molecule has 0 aliphatic rings. The van der Waals surface area contributed by atoms with Crippen molar-refractivity contribution in [2.24, 2.45) is 0 Å². The zero-order chi connectivity index (χ0) is 9.40. The van der Waals surface area contributed by atoms with E-state index in [0.29, 0.717) is 5.23 Å². The van der Waals surface area contributed by atoms with Crippen LogP contribution in [0.25, 0.3) is 0 Å². The largest absolute Gasteiger partial charge is 0.289 e. The zero-order valence-electron chi connectivity index (χ0n) is 8.16. The Morgan fingerprint density at radius 1 is 1.08 bits per heavy atom. The third-order valence-corrected chi connectivity index (χ3v) is 2.12. The summed E-state index contributed by atoms with van der Waals surface area (Å²) in [5, 5.41) is 17.5. The predicted octanol–water partition coefficient (Wildman–Crippen LogP) is 2.82. The lowest BCUT2D eigenvalue weighted by Gasteiger charge is -2.14. The van der Waals surface area contributed by atoms with Crippen molar-refractivity contribution in [2.45, 2.75) is 58.4 Å². The molecule has 3 heteroatoms. The van der Waals surface area contributed by atoms with Crippen molar-refractivity contribution in [3.63, 3.8) is 0 Å². The summed E-state index contributed by atoms with van der Waals surface area (Å²) in [5.41, 5.74) is 0. The summed E-state index contributed by atoms with van der Waals surface area (Å²) in [6.45, 7) is 3.99. The van der Waals surface area contributed by atoms with E-state index >= 15 is 0 Å². The van der Waals surface area contributed by atoms with Gasteiger partial charge in [-0.3, -0.25) is 10.4 Å². The molecule has 0 aromatic carbocycles. The maximum atomic E-state index is 8.61. The standard InChI is InChI=1S/C9H21NO2/c1-3-4-5-6-7-8-9(2)10(11)12/h9,11-12H,3-8H2,1-2H3. The highest BCUT2D eigenvalue weighted by Gasteiger charge is 2.06. The van der Waals surface area contributed by atoms with E-state index in [-0.39, 0.29) is 6.04 Å². The Balaban J connectivity index is 3.08. The monoisotopic (exact) mass is 175 g/mol. The van der Waals surface area contributed by atoms with Crippen LogP contribution in [0.5, 0.6) is 0 Å².